The van der Waals surface area contributed by atoms with Gasteiger partial charge in [0.2, 0.25) is 0 Å². The summed E-state index contributed by atoms with van der Waals surface area (Å²) in [5.41, 5.74) is 5.52. The number of para-hydroxylation sites is 1. The van der Waals surface area contributed by atoms with Crippen molar-refractivity contribution in [2.45, 2.75) is 13.1 Å². The molecule has 0 N–H and O–H groups in total. The number of piperazine rings is 1. The molecule has 2 heterocycles. The van der Waals surface area contributed by atoms with Crippen molar-refractivity contribution in [3.05, 3.63) is 95.1 Å². The van der Waals surface area contributed by atoms with E-state index in [4.69, 9.17) is 5.26 Å². The van der Waals surface area contributed by atoms with E-state index in [2.05, 4.69) is 21.3 Å². The predicted molar refractivity (Wildman–Crippen MR) is 125 cm³/mol. The van der Waals surface area contributed by atoms with E-state index < -0.39 is 0 Å². The maximum atomic E-state index is 13.0. The fourth-order valence-corrected chi connectivity index (χ4v) is 4.19. The van der Waals surface area contributed by atoms with Crippen LogP contribution < -0.4 is 0 Å². The smallest absolute Gasteiger partial charge is 0.253 e. The van der Waals surface area contributed by atoms with Crippen LogP contribution in [0.15, 0.2) is 72.8 Å². The maximum absolute atomic E-state index is 13.0. The number of aromatic nitrogens is 3. The Kier molecular flexibility index (Phi) is 5.83. The highest BCUT2D eigenvalue weighted by atomic mass is 16.2. The van der Waals surface area contributed by atoms with E-state index in [1.54, 1.807) is 0 Å². The number of hydrogen-bond donors (Lipinski definition) is 0. The Morgan fingerprint density at radius 1 is 0.848 bits per heavy atom. The number of carbonyl (C=O) groups is 1. The van der Waals surface area contributed by atoms with Gasteiger partial charge < -0.3 is 4.90 Å². The second-order valence-corrected chi connectivity index (χ2v) is 8.31. The van der Waals surface area contributed by atoms with E-state index in [9.17, 15) is 4.79 Å². The molecule has 0 atom stereocenters. The molecule has 33 heavy (non-hydrogen) atoms. The van der Waals surface area contributed by atoms with Crippen LogP contribution in [-0.2, 0) is 13.1 Å². The van der Waals surface area contributed by atoms with Crippen molar-refractivity contribution in [2.75, 3.05) is 26.2 Å². The number of hydrogen-bond acceptors (Lipinski definition) is 5. The van der Waals surface area contributed by atoms with E-state index in [0.717, 1.165) is 36.2 Å². The monoisotopic (exact) mass is 436 g/mol. The summed E-state index contributed by atoms with van der Waals surface area (Å²) in [6.07, 6.45) is 0. The summed E-state index contributed by atoms with van der Waals surface area (Å²) < 4.78 is 1.87. The summed E-state index contributed by atoms with van der Waals surface area (Å²) in [5.74, 6) is 0.0748. The first-order valence-electron chi connectivity index (χ1n) is 11.1. The van der Waals surface area contributed by atoms with Gasteiger partial charge in [-0.2, -0.15) is 5.26 Å². The Balaban J connectivity index is 1.17. The van der Waals surface area contributed by atoms with E-state index in [1.807, 2.05) is 82.4 Å². The largest absolute Gasteiger partial charge is 0.336 e. The predicted octanol–water partition coefficient (Wildman–Crippen LogP) is 3.31. The lowest BCUT2D eigenvalue weighted by Crippen LogP contribution is -2.48. The first-order valence-corrected chi connectivity index (χ1v) is 11.1. The number of nitrogens with zero attached hydrogens (tertiary/aromatic N) is 6. The Morgan fingerprint density at radius 3 is 2.24 bits per heavy atom. The van der Waals surface area contributed by atoms with Crippen LogP contribution in [0.3, 0.4) is 0 Å². The summed E-state index contributed by atoms with van der Waals surface area (Å²) in [4.78, 5) is 17.3. The minimum absolute atomic E-state index is 0.0748. The number of rotatable bonds is 5. The highest BCUT2D eigenvalue weighted by Crippen LogP contribution is 2.15. The van der Waals surface area contributed by atoms with E-state index in [0.29, 0.717) is 30.8 Å². The third-order valence-electron chi connectivity index (χ3n) is 6.10. The Hall–Kier alpha value is -4.02. The molecule has 7 heteroatoms. The van der Waals surface area contributed by atoms with Crippen molar-refractivity contribution in [3.8, 4) is 6.07 Å². The van der Waals surface area contributed by atoms with Crippen LogP contribution in [0.4, 0.5) is 0 Å². The summed E-state index contributed by atoms with van der Waals surface area (Å²) in [7, 11) is 0. The quantitative estimate of drug-likeness (QED) is 0.480. The molecule has 0 spiro atoms. The molecule has 1 amide bonds. The topological polar surface area (TPSA) is 78.0 Å². The molecular formula is C26H24N6O. The number of fused-ring (bicyclic) bond motifs is 1. The summed E-state index contributed by atoms with van der Waals surface area (Å²) in [5, 5.41) is 17.4. The van der Waals surface area contributed by atoms with Crippen LogP contribution in [-0.4, -0.2) is 56.9 Å². The zero-order chi connectivity index (χ0) is 22.6. The van der Waals surface area contributed by atoms with Crippen molar-refractivity contribution < 1.29 is 4.79 Å². The van der Waals surface area contributed by atoms with Gasteiger partial charge in [0.25, 0.3) is 5.91 Å². The van der Waals surface area contributed by atoms with Gasteiger partial charge in [0.15, 0.2) is 0 Å². The molecule has 7 nitrogen and oxygen atoms in total. The first-order chi connectivity index (χ1) is 16.2. The number of amides is 1. The third kappa shape index (κ3) is 4.61. The van der Waals surface area contributed by atoms with E-state index in [-0.39, 0.29) is 5.91 Å². The van der Waals surface area contributed by atoms with Crippen molar-refractivity contribution in [2.24, 2.45) is 0 Å². The molecule has 1 aliphatic heterocycles. The van der Waals surface area contributed by atoms with Gasteiger partial charge in [0, 0.05) is 38.3 Å². The average Bonchev–Trinajstić information content (AvgIpc) is 3.28. The maximum Gasteiger partial charge on any atom is 0.253 e. The average molecular weight is 437 g/mol. The lowest BCUT2D eigenvalue weighted by Gasteiger charge is -2.34. The van der Waals surface area contributed by atoms with Gasteiger partial charge >= 0.3 is 0 Å². The Labute approximate surface area is 192 Å². The number of nitriles is 1. The molecular weight excluding hydrogens is 412 g/mol. The molecule has 0 aliphatic carbocycles. The van der Waals surface area contributed by atoms with Gasteiger partial charge in [-0.3, -0.25) is 9.69 Å². The van der Waals surface area contributed by atoms with Crippen molar-refractivity contribution in [1.29, 1.82) is 5.26 Å². The van der Waals surface area contributed by atoms with Crippen molar-refractivity contribution in [1.82, 2.24) is 24.8 Å². The van der Waals surface area contributed by atoms with Gasteiger partial charge in [0.05, 0.1) is 23.7 Å². The van der Waals surface area contributed by atoms with Crippen LogP contribution >= 0.6 is 0 Å². The van der Waals surface area contributed by atoms with Gasteiger partial charge in [0.1, 0.15) is 5.52 Å². The molecule has 5 rings (SSSR count). The van der Waals surface area contributed by atoms with E-state index >= 15 is 0 Å². The minimum Gasteiger partial charge on any atom is -0.336 e. The second kappa shape index (κ2) is 9.23. The van der Waals surface area contributed by atoms with Crippen LogP contribution in [0.2, 0.25) is 0 Å². The molecule has 0 bridgehead atoms. The van der Waals surface area contributed by atoms with Crippen LogP contribution in [0, 0.1) is 11.3 Å². The minimum atomic E-state index is 0.0748. The normalized spacial score (nSPS) is 14.3. The second-order valence-electron chi connectivity index (χ2n) is 8.31. The molecule has 1 saturated heterocycles. The van der Waals surface area contributed by atoms with Gasteiger partial charge in [-0.1, -0.05) is 41.6 Å². The lowest BCUT2D eigenvalue weighted by molar-refractivity contribution is 0.0628. The molecule has 3 aromatic carbocycles. The van der Waals surface area contributed by atoms with Gasteiger partial charge in [-0.05, 0) is 47.5 Å². The Bertz CT molecular complexity index is 1300. The zero-order valence-corrected chi connectivity index (χ0v) is 18.3. The summed E-state index contributed by atoms with van der Waals surface area (Å²) in [6, 6.07) is 25.5. The Morgan fingerprint density at radius 2 is 1.52 bits per heavy atom. The van der Waals surface area contributed by atoms with Crippen LogP contribution in [0.5, 0.6) is 0 Å². The lowest BCUT2D eigenvalue weighted by atomic mass is 10.1. The van der Waals surface area contributed by atoms with Gasteiger partial charge in [-0.15, -0.1) is 5.10 Å². The molecule has 0 radical (unpaired) electrons. The fraction of sp³-hybridized carbons (Fsp3) is 0.231. The van der Waals surface area contributed by atoms with Crippen LogP contribution in [0.25, 0.3) is 11.0 Å². The number of benzene rings is 3. The molecule has 164 valence electrons. The highest BCUT2D eigenvalue weighted by Gasteiger charge is 2.22. The van der Waals surface area contributed by atoms with Crippen molar-refractivity contribution >= 4 is 16.9 Å². The molecule has 4 aromatic rings. The third-order valence-corrected chi connectivity index (χ3v) is 6.10. The highest BCUT2D eigenvalue weighted by molar-refractivity contribution is 5.94. The summed E-state index contributed by atoms with van der Waals surface area (Å²) >= 11 is 0. The SMILES string of the molecule is N#Cc1ccc(CN2CCN(C(=O)c3ccc(Cn4nnc5ccccc54)cc3)CC2)cc1. The zero-order valence-electron chi connectivity index (χ0n) is 18.3. The molecule has 1 aromatic heterocycles. The number of carbonyl (C=O) groups excluding carboxylic acids is 1. The fourth-order valence-electron chi connectivity index (χ4n) is 4.19. The standard InChI is InChI=1S/C26H24N6O/c27-17-20-5-7-21(8-6-20)18-30-13-15-31(16-14-30)26(33)23-11-9-22(10-12-23)19-32-25-4-2-1-3-24(25)28-29-32/h1-12H,13-16,18-19H2. The van der Waals surface area contributed by atoms with Crippen LogP contribution in [0.1, 0.15) is 27.0 Å². The molecule has 1 fully saturated rings. The summed E-state index contributed by atoms with van der Waals surface area (Å²) in [6.45, 7) is 4.54. The van der Waals surface area contributed by atoms with Gasteiger partial charge in [-0.25, -0.2) is 4.68 Å². The molecule has 0 unspecified atom stereocenters. The first kappa shape index (κ1) is 20.9. The molecule has 0 saturated carbocycles. The van der Waals surface area contributed by atoms with Crippen molar-refractivity contribution in [3.63, 3.8) is 0 Å². The molecule has 1 aliphatic rings. The van der Waals surface area contributed by atoms with E-state index in [1.165, 1.54) is 5.56 Å².